The molecule has 0 amide bonds. The zero-order valence-electron chi connectivity index (χ0n) is 8.42. The molecule has 2 aliphatic rings. The summed E-state index contributed by atoms with van der Waals surface area (Å²) in [5.74, 6) is 3.19. The van der Waals surface area contributed by atoms with Crippen molar-refractivity contribution in [1.82, 2.24) is 4.90 Å². The van der Waals surface area contributed by atoms with Gasteiger partial charge < -0.3 is 4.90 Å². The van der Waals surface area contributed by atoms with E-state index in [0.29, 0.717) is 0 Å². The van der Waals surface area contributed by atoms with E-state index >= 15 is 0 Å². The van der Waals surface area contributed by atoms with Crippen LogP contribution in [0, 0.1) is 17.8 Å². The van der Waals surface area contributed by atoms with Crippen LogP contribution in [0.15, 0.2) is 0 Å². The summed E-state index contributed by atoms with van der Waals surface area (Å²) in [4.78, 5) is 2.42. The molecule has 1 heterocycles. The lowest BCUT2D eigenvalue weighted by Gasteiger charge is -2.39. The SMILES string of the molecule is CC1CC(CCC2CN(C)C2)C1. The van der Waals surface area contributed by atoms with Crippen LogP contribution < -0.4 is 0 Å². The predicted octanol–water partition coefficient (Wildman–Crippen LogP) is 2.37. The number of hydrogen-bond donors (Lipinski definition) is 0. The minimum absolute atomic E-state index is 1.04. The third-order valence-corrected chi connectivity index (χ3v) is 3.59. The van der Waals surface area contributed by atoms with Gasteiger partial charge in [0.1, 0.15) is 0 Å². The topological polar surface area (TPSA) is 3.24 Å². The molecule has 0 unspecified atom stereocenters. The molecule has 0 bridgehead atoms. The van der Waals surface area contributed by atoms with Gasteiger partial charge in [0, 0.05) is 13.1 Å². The smallest absolute Gasteiger partial charge is 0.00190 e. The number of rotatable bonds is 3. The predicted molar refractivity (Wildman–Crippen MR) is 52.1 cm³/mol. The Morgan fingerprint density at radius 2 is 1.67 bits per heavy atom. The minimum atomic E-state index is 1.04. The van der Waals surface area contributed by atoms with E-state index in [1.165, 1.54) is 38.8 Å². The van der Waals surface area contributed by atoms with Crippen molar-refractivity contribution in [3.05, 3.63) is 0 Å². The van der Waals surface area contributed by atoms with Crippen LogP contribution in [0.3, 0.4) is 0 Å². The Labute approximate surface area is 76.1 Å². The third-order valence-electron chi connectivity index (χ3n) is 3.59. The van der Waals surface area contributed by atoms with E-state index in [1.807, 2.05) is 0 Å². The van der Waals surface area contributed by atoms with Crippen LogP contribution in [-0.4, -0.2) is 25.0 Å². The molecule has 1 aliphatic carbocycles. The van der Waals surface area contributed by atoms with Crippen LogP contribution in [0.2, 0.25) is 0 Å². The highest BCUT2D eigenvalue weighted by molar-refractivity contribution is 4.81. The van der Waals surface area contributed by atoms with Crippen LogP contribution in [-0.2, 0) is 0 Å². The van der Waals surface area contributed by atoms with E-state index in [2.05, 4.69) is 18.9 Å². The normalized spacial score (nSPS) is 37.5. The van der Waals surface area contributed by atoms with Gasteiger partial charge in [-0.15, -0.1) is 0 Å². The number of nitrogens with zero attached hydrogens (tertiary/aromatic N) is 1. The Morgan fingerprint density at radius 1 is 1.08 bits per heavy atom. The summed E-state index contributed by atoms with van der Waals surface area (Å²) in [6.07, 6.45) is 6.05. The highest BCUT2D eigenvalue weighted by Crippen LogP contribution is 2.37. The third kappa shape index (κ3) is 1.82. The molecule has 1 saturated carbocycles. The second kappa shape index (κ2) is 3.37. The van der Waals surface area contributed by atoms with Crippen molar-refractivity contribution in [1.29, 1.82) is 0 Å². The molecule has 0 spiro atoms. The summed E-state index contributed by atoms with van der Waals surface area (Å²) in [6, 6.07) is 0. The maximum Gasteiger partial charge on any atom is 0.00190 e. The molecule has 2 rings (SSSR count). The van der Waals surface area contributed by atoms with E-state index in [1.54, 1.807) is 0 Å². The molecule has 0 radical (unpaired) electrons. The fourth-order valence-corrected chi connectivity index (χ4v) is 2.79. The van der Waals surface area contributed by atoms with Crippen LogP contribution in [0.5, 0.6) is 0 Å². The zero-order valence-corrected chi connectivity index (χ0v) is 8.42. The average Bonchev–Trinajstić information content (AvgIpc) is 1.91. The van der Waals surface area contributed by atoms with Crippen molar-refractivity contribution < 1.29 is 0 Å². The molecule has 0 aromatic carbocycles. The lowest BCUT2D eigenvalue weighted by atomic mass is 9.72. The molecule has 1 nitrogen and oxygen atoms in total. The highest BCUT2D eigenvalue weighted by atomic mass is 15.2. The highest BCUT2D eigenvalue weighted by Gasteiger charge is 2.28. The standard InChI is InChI=1S/C11H21N/c1-9-5-10(6-9)3-4-11-7-12(2)8-11/h9-11H,3-8H2,1-2H3. The second-order valence-electron chi connectivity index (χ2n) is 5.11. The Bertz CT molecular complexity index is 125. The largest absolute Gasteiger partial charge is 0.306 e. The van der Waals surface area contributed by atoms with Gasteiger partial charge in [-0.2, -0.15) is 0 Å². The fraction of sp³-hybridized carbons (Fsp3) is 1.00. The maximum absolute atomic E-state index is 2.42. The molecule has 0 aromatic rings. The first kappa shape index (κ1) is 8.55. The summed E-state index contributed by atoms with van der Waals surface area (Å²) in [6.45, 7) is 5.11. The Morgan fingerprint density at radius 3 is 2.17 bits per heavy atom. The molecule has 0 N–H and O–H groups in total. The van der Waals surface area contributed by atoms with E-state index < -0.39 is 0 Å². The Balaban J connectivity index is 1.52. The fourth-order valence-electron chi connectivity index (χ4n) is 2.79. The van der Waals surface area contributed by atoms with Crippen LogP contribution in [0.4, 0.5) is 0 Å². The van der Waals surface area contributed by atoms with Gasteiger partial charge in [0.25, 0.3) is 0 Å². The molecule has 12 heavy (non-hydrogen) atoms. The first-order valence-corrected chi connectivity index (χ1v) is 5.42. The first-order valence-electron chi connectivity index (χ1n) is 5.42. The summed E-state index contributed by atoms with van der Waals surface area (Å²) in [5.41, 5.74) is 0. The molecule has 2 fully saturated rings. The molecule has 1 aliphatic heterocycles. The van der Waals surface area contributed by atoms with Crippen molar-refractivity contribution in [3.63, 3.8) is 0 Å². The van der Waals surface area contributed by atoms with Gasteiger partial charge in [0.15, 0.2) is 0 Å². The monoisotopic (exact) mass is 167 g/mol. The molecule has 0 aromatic heterocycles. The van der Waals surface area contributed by atoms with Crippen molar-refractivity contribution in [3.8, 4) is 0 Å². The number of hydrogen-bond acceptors (Lipinski definition) is 1. The maximum atomic E-state index is 2.42. The Kier molecular flexibility index (Phi) is 2.40. The van der Waals surface area contributed by atoms with E-state index in [-0.39, 0.29) is 0 Å². The summed E-state index contributed by atoms with van der Waals surface area (Å²) < 4.78 is 0. The summed E-state index contributed by atoms with van der Waals surface area (Å²) in [7, 11) is 2.22. The van der Waals surface area contributed by atoms with Crippen molar-refractivity contribution in [2.75, 3.05) is 20.1 Å². The van der Waals surface area contributed by atoms with Crippen molar-refractivity contribution >= 4 is 0 Å². The summed E-state index contributed by atoms with van der Waals surface area (Å²) >= 11 is 0. The number of likely N-dealkylation sites (tertiary alicyclic amines) is 1. The van der Waals surface area contributed by atoms with E-state index in [4.69, 9.17) is 0 Å². The van der Waals surface area contributed by atoms with Crippen molar-refractivity contribution in [2.24, 2.45) is 17.8 Å². The molecular weight excluding hydrogens is 146 g/mol. The minimum Gasteiger partial charge on any atom is -0.306 e. The van der Waals surface area contributed by atoms with Gasteiger partial charge in [-0.05, 0) is 44.1 Å². The van der Waals surface area contributed by atoms with Crippen LogP contribution in [0.25, 0.3) is 0 Å². The quantitative estimate of drug-likeness (QED) is 0.624. The van der Waals surface area contributed by atoms with Crippen LogP contribution in [0.1, 0.15) is 32.6 Å². The van der Waals surface area contributed by atoms with E-state index in [0.717, 1.165) is 17.8 Å². The van der Waals surface area contributed by atoms with Gasteiger partial charge in [-0.1, -0.05) is 13.3 Å². The van der Waals surface area contributed by atoms with Crippen molar-refractivity contribution in [2.45, 2.75) is 32.6 Å². The van der Waals surface area contributed by atoms with Crippen LogP contribution >= 0.6 is 0 Å². The summed E-state index contributed by atoms with van der Waals surface area (Å²) in [5, 5.41) is 0. The molecular formula is C11H21N. The molecule has 1 saturated heterocycles. The average molecular weight is 167 g/mol. The Hall–Kier alpha value is -0.0400. The van der Waals surface area contributed by atoms with Gasteiger partial charge >= 0.3 is 0 Å². The van der Waals surface area contributed by atoms with Gasteiger partial charge in [0.2, 0.25) is 0 Å². The second-order valence-corrected chi connectivity index (χ2v) is 5.11. The molecule has 1 heteroatoms. The lowest BCUT2D eigenvalue weighted by Crippen LogP contribution is -2.43. The lowest BCUT2D eigenvalue weighted by molar-refractivity contribution is 0.105. The van der Waals surface area contributed by atoms with Gasteiger partial charge in [-0.3, -0.25) is 0 Å². The van der Waals surface area contributed by atoms with Gasteiger partial charge in [0.05, 0.1) is 0 Å². The molecule has 70 valence electrons. The molecule has 0 atom stereocenters. The van der Waals surface area contributed by atoms with E-state index in [9.17, 15) is 0 Å². The van der Waals surface area contributed by atoms with Gasteiger partial charge in [-0.25, -0.2) is 0 Å². The zero-order chi connectivity index (χ0) is 8.55. The first-order chi connectivity index (χ1) is 5.74.